The Bertz CT molecular complexity index is 1060. The molecule has 2 amide bonds. The second-order valence-corrected chi connectivity index (χ2v) is 7.97. The summed E-state index contributed by atoms with van der Waals surface area (Å²) in [4.78, 5) is 32.3. The third-order valence-corrected chi connectivity index (χ3v) is 5.80. The van der Waals surface area contributed by atoms with Crippen LogP contribution in [0.15, 0.2) is 66.9 Å². The van der Waals surface area contributed by atoms with Crippen LogP contribution in [0.4, 0.5) is 0 Å². The molecule has 6 heteroatoms. The molecule has 1 N–H and O–H groups in total. The molecule has 1 aromatic heterocycles. The minimum Gasteiger partial charge on any atom is -0.347 e. The molecule has 1 aliphatic heterocycles. The smallest absolute Gasteiger partial charge is 0.271 e. The van der Waals surface area contributed by atoms with E-state index in [4.69, 9.17) is 4.98 Å². The highest BCUT2D eigenvalue weighted by Crippen LogP contribution is 2.38. The average molecular weight is 400 g/mol. The number of amides is 2. The van der Waals surface area contributed by atoms with E-state index in [9.17, 15) is 9.59 Å². The zero-order valence-electron chi connectivity index (χ0n) is 16.7. The van der Waals surface area contributed by atoms with E-state index in [1.807, 2.05) is 76.3 Å². The van der Waals surface area contributed by atoms with Crippen molar-refractivity contribution in [1.82, 2.24) is 19.8 Å². The third-order valence-electron chi connectivity index (χ3n) is 5.80. The molecular formula is C24H24N4O2. The van der Waals surface area contributed by atoms with E-state index in [2.05, 4.69) is 5.32 Å². The molecule has 1 aliphatic carbocycles. The summed E-state index contributed by atoms with van der Waals surface area (Å²) >= 11 is 0. The Morgan fingerprint density at radius 1 is 0.967 bits per heavy atom. The lowest BCUT2D eigenvalue weighted by molar-refractivity contribution is -0.135. The number of nitrogens with zero attached hydrogens (tertiary/aromatic N) is 3. The molecule has 0 saturated heterocycles. The van der Waals surface area contributed by atoms with Crippen LogP contribution in [-0.2, 0) is 17.9 Å². The molecule has 0 radical (unpaired) electrons. The van der Waals surface area contributed by atoms with Gasteiger partial charge in [-0.25, -0.2) is 4.98 Å². The molecule has 0 spiro atoms. The van der Waals surface area contributed by atoms with Crippen molar-refractivity contribution >= 4 is 11.8 Å². The number of fused-ring (bicyclic) bond motifs is 1. The second-order valence-electron chi connectivity index (χ2n) is 7.97. The van der Waals surface area contributed by atoms with E-state index in [1.165, 1.54) is 0 Å². The minimum atomic E-state index is -0.260. The van der Waals surface area contributed by atoms with Gasteiger partial charge in [-0.2, -0.15) is 0 Å². The van der Waals surface area contributed by atoms with Gasteiger partial charge in [0.05, 0.1) is 0 Å². The number of aromatic nitrogens is 2. The largest absolute Gasteiger partial charge is 0.347 e. The van der Waals surface area contributed by atoms with Gasteiger partial charge in [-0.3, -0.25) is 9.59 Å². The maximum atomic E-state index is 13.0. The standard InChI is InChI=1S/C24H24N4O2/c29-23(25-15-17-7-3-1-4-8-17)20-16-27-13-14-28(24(30)19-11-12-19)21(22(27)26-20)18-9-5-2-6-10-18/h1-10,16,19,21H,11-15H2,(H,25,29). The molecule has 2 aromatic carbocycles. The molecule has 2 aliphatic rings. The summed E-state index contributed by atoms with van der Waals surface area (Å²) in [6.07, 6.45) is 3.75. The lowest BCUT2D eigenvalue weighted by Crippen LogP contribution is -2.43. The lowest BCUT2D eigenvalue weighted by atomic mass is 10.0. The fourth-order valence-electron chi connectivity index (χ4n) is 4.06. The summed E-state index contributed by atoms with van der Waals surface area (Å²) in [5.74, 6) is 0.901. The fraction of sp³-hybridized carbons (Fsp3) is 0.292. The summed E-state index contributed by atoms with van der Waals surface area (Å²) in [5.41, 5.74) is 2.45. The van der Waals surface area contributed by atoms with Gasteiger partial charge in [0.15, 0.2) is 0 Å². The van der Waals surface area contributed by atoms with Crippen molar-refractivity contribution < 1.29 is 9.59 Å². The Kier molecular flexibility index (Phi) is 4.83. The van der Waals surface area contributed by atoms with Crippen LogP contribution < -0.4 is 5.32 Å². The molecule has 0 bridgehead atoms. The fourth-order valence-corrected chi connectivity index (χ4v) is 4.06. The first-order chi connectivity index (χ1) is 14.7. The Morgan fingerprint density at radius 3 is 2.37 bits per heavy atom. The second kappa shape index (κ2) is 7.78. The first-order valence-corrected chi connectivity index (χ1v) is 10.5. The van der Waals surface area contributed by atoms with E-state index < -0.39 is 0 Å². The molecule has 1 fully saturated rings. The number of hydrogen-bond donors (Lipinski definition) is 1. The van der Waals surface area contributed by atoms with Crippen molar-refractivity contribution in [2.24, 2.45) is 5.92 Å². The highest BCUT2D eigenvalue weighted by atomic mass is 16.2. The van der Waals surface area contributed by atoms with Crippen LogP contribution in [0.5, 0.6) is 0 Å². The van der Waals surface area contributed by atoms with Gasteiger partial charge in [-0.1, -0.05) is 60.7 Å². The quantitative estimate of drug-likeness (QED) is 0.715. The predicted octanol–water partition coefficient (Wildman–Crippen LogP) is 3.15. The maximum absolute atomic E-state index is 13.0. The van der Waals surface area contributed by atoms with E-state index in [0.717, 1.165) is 29.8 Å². The summed E-state index contributed by atoms with van der Waals surface area (Å²) < 4.78 is 2.02. The molecular weight excluding hydrogens is 376 g/mol. The van der Waals surface area contributed by atoms with Crippen LogP contribution >= 0.6 is 0 Å². The number of hydrogen-bond acceptors (Lipinski definition) is 3. The zero-order chi connectivity index (χ0) is 20.5. The van der Waals surface area contributed by atoms with E-state index >= 15 is 0 Å². The SMILES string of the molecule is O=C(NCc1ccccc1)c1cn2c(n1)C(c1ccccc1)N(C(=O)C1CC1)CC2. The summed E-state index contributed by atoms with van der Waals surface area (Å²) in [6, 6.07) is 19.5. The van der Waals surface area contributed by atoms with Gasteiger partial charge in [0.1, 0.15) is 17.6 Å². The van der Waals surface area contributed by atoms with Gasteiger partial charge in [-0.15, -0.1) is 0 Å². The van der Waals surface area contributed by atoms with E-state index in [0.29, 0.717) is 25.3 Å². The molecule has 30 heavy (non-hydrogen) atoms. The molecule has 1 atom stereocenters. The van der Waals surface area contributed by atoms with Gasteiger partial charge >= 0.3 is 0 Å². The molecule has 5 rings (SSSR count). The zero-order valence-corrected chi connectivity index (χ0v) is 16.7. The van der Waals surface area contributed by atoms with Crippen LogP contribution in [0.2, 0.25) is 0 Å². The molecule has 2 heterocycles. The van der Waals surface area contributed by atoms with Gasteiger partial charge in [0.2, 0.25) is 5.91 Å². The van der Waals surface area contributed by atoms with Crippen molar-refractivity contribution in [2.45, 2.75) is 32.0 Å². The average Bonchev–Trinajstić information content (AvgIpc) is 3.55. The normalized spacial score (nSPS) is 18.0. The number of carbonyl (C=O) groups excluding carboxylic acids is 2. The number of rotatable bonds is 5. The van der Waals surface area contributed by atoms with Crippen LogP contribution in [-0.4, -0.2) is 32.8 Å². The van der Waals surface area contributed by atoms with Gasteiger partial charge in [-0.05, 0) is 24.0 Å². The highest BCUT2D eigenvalue weighted by molar-refractivity contribution is 5.92. The molecule has 152 valence electrons. The summed E-state index contributed by atoms with van der Waals surface area (Å²) in [5, 5.41) is 2.95. The highest BCUT2D eigenvalue weighted by Gasteiger charge is 2.40. The third kappa shape index (κ3) is 3.61. The Hall–Kier alpha value is -3.41. The molecule has 1 unspecified atom stereocenters. The van der Waals surface area contributed by atoms with E-state index in [-0.39, 0.29) is 23.8 Å². The first kappa shape index (κ1) is 18.6. The number of imidazole rings is 1. The predicted molar refractivity (Wildman–Crippen MR) is 113 cm³/mol. The van der Waals surface area contributed by atoms with Crippen molar-refractivity contribution in [3.05, 3.63) is 89.5 Å². The Labute approximate surface area is 175 Å². The number of nitrogens with one attached hydrogen (secondary N) is 1. The van der Waals surface area contributed by atoms with Gasteiger partial charge < -0.3 is 14.8 Å². The molecule has 1 saturated carbocycles. The maximum Gasteiger partial charge on any atom is 0.271 e. The molecule has 6 nitrogen and oxygen atoms in total. The molecule has 3 aromatic rings. The van der Waals surface area contributed by atoms with Crippen LogP contribution in [0.1, 0.15) is 46.3 Å². The van der Waals surface area contributed by atoms with Gasteiger partial charge in [0.25, 0.3) is 5.91 Å². The first-order valence-electron chi connectivity index (χ1n) is 10.5. The summed E-state index contributed by atoms with van der Waals surface area (Å²) in [7, 11) is 0. The van der Waals surface area contributed by atoms with E-state index in [1.54, 1.807) is 0 Å². The number of benzene rings is 2. The Morgan fingerprint density at radius 2 is 1.67 bits per heavy atom. The van der Waals surface area contributed by atoms with Crippen molar-refractivity contribution in [3.63, 3.8) is 0 Å². The van der Waals surface area contributed by atoms with Crippen LogP contribution in [0.25, 0.3) is 0 Å². The Balaban J connectivity index is 1.42. The van der Waals surface area contributed by atoms with Crippen LogP contribution in [0, 0.1) is 5.92 Å². The lowest BCUT2D eigenvalue weighted by Gasteiger charge is -2.36. The van der Waals surface area contributed by atoms with Crippen molar-refractivity contribution in [2.75, 3.05) is 6.54 Å². The van der Waals surface area contributed by atoms with Crippen molar-refractivity contribution in [3.8, 4) is 0 Å². The topological polar surface area (TPSA) is 67.2 Å². The monoisotopic (exact) mass is 400 g/mol. The number of carbonyl (C=O) groups is 2. The summed E-state index contributed by atoms with van der Waals surface area (Å²) in [6.45, 7) is 1.73. The van der Waals surface area contributed by atoms with Gasteiger partial charge in [0, 0.05) is 31.7 Å². The van der Waals surface area contributed by atoms with Crippen molar-refractivity contribution in [1.29, 1.82) is 0 Å². The van der Waals surface area contributed by atoms with Crippen LogP contribution in [0.3, 0.4) is 0 Å². The minimum absolute atomic E-state index is 0.145.